The number of nitrogens with zero attached hydrogens (tertiary/aromatic N) is 2. The molecule has 3 heterocycles. The molecule has 22 heavy (non-hydrogen) atoms. The zero-order valence-electron chi connectivity index (χ0n) is 12.0. The van der Waals surface area contributed by atoms with Crippen LogP contribution in [0.25, 0.3) is 5.57 Å². The SMILES string of the molecule is C(=C(c1ccc2c(c1)OCO2)c1ccccn1)C1=NCCN1. The van der Waals surface area contributed by atoms with Gasteiger partial charge in [-0.15, -0.1) is 0 Å². The lowest BCUT2D eigenvalue weighted by Gasteiger charge is -2.09. The number of ether oxygens (including phenoxy) is 2. The van der Waals surface area contributed by atoms with E-state index >= 15 is 0 Å². The summed E-state index contributed by atoms with van der Waals surface area (Å²) in [6.45, 7) is 1.96. The molecule has 0 fully saturated rings. The molecule has 0 atom stereocenters. The van der Waals surface area contributed by atoms with Crippen molar-refractivity contribution in [3.63, 3.8) is 0 Å². The minimum Gasteiger partial charge on any atom is -0.454 e. The van der Waals surface area contributed by atoms with Crippen LogP contribution in [0.3, 0.4) is 0 Å². The monoisotopic (exact) mass is 293 g/mol. The van der Waals surface area contributed by atoms with Crippen molar-refractivity contribution in [3.8, 4) is 11.5 Å². The lowest BCUT2D eigenvalue weighted by molar-refractivity contribution is 0.174. The normalized spacial score (nSPS) is 16.4. The van der Waals surface area contributed by atoms with E-state index in [1.165, 1.54) is 0 Å². The molecule has 1 aromatic heterocycles. The van der Waals surface area contributed by atoms with Gasteiger partial charge in [-0.2, -0.15) is 0 Å². The molecule has 5 nitrogen and oxygen atoms in total. The average Bonchev–Trinajstić information content (AvgIpc) is 3.24. The van der Waals surface area contributed by atoms with Gasteiger partial charge in [0.05, 0.1) is 12.2 Å². The Morgan fingerprint density at radius 2 is 2.09 bits per heavy atom. The summed E-state index contributed by atoms with van der Waals surface area (Å²) in [6.07, 6.45) is 3.83. The second-order valence-corrected chi connectivity index (χ2v) is 5.03. The van der Waals surface area contributed by atoms with Gasteiger partial charge in [0, 0.05) is 18.3 Å². The van der Waals surface area contributed by atoms with Crippen LogP contribution in [-0.2, 0) is 0 Å². The van der Waals surface area contributed by atoms with Crippen LogP contribution in [0.2, 0.25) is 0 Å². The van der Waals surface area contributed by atoms with Gasteiger partial charge in [-0.05, 0) is 35.9 Å². The molecule has 0 amide bonds. The van der Waals surface area contributed by atoms with E-state index < -0.39 is 0 Å². The maximum atomic E-state index is 5.48. The number of aliphatic imine (C=N–C) groups is 1. The first kappa shape index (κ1) is 12.9. The highest BCUT2D eigenvalue weighted by Gasteiger charge is 2.16. The summed E-state index contributed by atoms with van der Waals surface area (Å²) in [5, 5.41) is 3.27. The summed E-state index contributed by atoms with van der Waals surface area (Å²) in [4.78, 5) is 8.91. The Balaban J connectivity index is 1.80. The predicted molar refractivity (Wildman–Crippen MR) is 84.2 cm³/mol. The fourth-order valence-electron chi connectivity index (χ4n) is 2.54. The number of pyridine rings is 1. The highest BCUT2D eigenvalue weighted by Crippen LogP contribution is 2.35. The van der Waals surface area contributed by atoms with Crippen molar-refractivity contribution >= 4 is 11.4 Å². The Bertz CT molecular complexity index is 754. The Hall–Kier alpha value is -2.82. The molecule has 0 aliphatic carbocycles. The molecule has 0 saturated heterocycles. The minimum absolute atomic E-state index is 0.273. The minimum atomic E-state index is 0.273. The standard InChI is InChI=1S/C17H15N3O2/c1-2-6-18-14(3-1)13(10-17-19-7-8-20-17)12-4-5-15-16(9-12)22-11-21-15/h1-6,9-10H,7-8,11H2,(H,19,20). The molecule has 0 unspecified atom stereocenters. The zero-order valence-corrected chi connectivity index (χ0v) is 12.0. The van der Waals surface area contributed by atoms with Crippen molar-refractivity contribution in [2.45, 2.75) is 0 Å². The first-order valence-corrected chi connectivity index (χ1v) is 7.21. The largest absolute Gasteiger partial charge is 0.454 e. The summed E-state index contributed by atoms with van der Waals surface area (Å²) < 4.78 is 10.9. The van der Waals surface area contributed by atoms with Gasteiger partial charge in [-0.25, -0.2) is 0 Å². The van der Waals surface area contributed by atoms with E-state index in [0.29, 0.717) is 0 Å². The van der Waals surface area contributed by atoms with Crippen LogP contribution in [0.1, 0.15) is 11.3 Å². The molecule has 2 aromatic rings. The number of fused-ring (bicyclic) bond motifs is 1. The third kappa shape index (κ3) is 2.41. The van der Waals surface area contributed by atoms with Crippen LogP contribution < -0.4 is 14.8 Å². The Kier molecular flexibility index (Phi) is 3.23. The van der Waals surface area contributed by atoms with E-state index in [2.05, 4.69) is 15.3 Å². The Morgan fingerprint density at radius 3 is 2.91 bits per heavy atom. The van der Waals surface area contributed by atoms with E-state index in [-0.39, 0.29) is 6.79 Å². The summed E-state index contributed by atoms with van der Waals surface area (Å²) in [5.41, 5.74) is 2.93. The molecular formula is C17H15N3O2. The molecule has 110 valence electrons. The second-order valence-electron chi connectivity index (χ2n) is 5.03. The van der Waals surface area contributed by atoms with Gasteiger partial charge in [0.25, 0.3) is 0 Å². The van der Waals surface area contributed by atoms with E-state index in [4.69, 9.17) is 9.47 Å². The van der Waals surface area contributed by atoms with Crippen LogP contribution in [0, 0.1) is 0 Å². The summed E-state index contributed by atoms with van der Waals surface area (Å²) in [6, 6.07) is 11.8. The molecule has 0 spiro atoms. The quantitative estimate of drug-likeness (QED) is 0.943. The number of amidine groups is 1. The maximum absolute atomic E-state index is 5.48. The van der Waals surface area contributed by atoms with Gasteiger partial charge in [0.2, 0.25) is 6.79 Å². The van der Waals surface area contributed by atoms with E-state index in [9.17, 15) is 0 Å². The van der Waals surface area contributed by atoms with Crippen LogP contribution in [0.15, 0.2) is 53.7 Å². The maximum Gasteiger partial charge on any atom is 0.231 e. The van der Waals surface area contributed by atoms with Crippen molar-refractivity contribution in [2.75, 3.05) is 19.9 Å². The fraction of sp³-hybridized carbons (Fsp3) is 0.176. The van der Waals surface area contributed by atoms with Crippen LogP contribution in [-0.4, -0.2) is 30.7 Å². The van der Waals surface area contributed by atoms with Gasteiger partial charge in [0.1, 0.15) is 5.84 Å². The first-order chi connectivity index (χ1) is 10.9. The highest BCUT2D eigenvalue weighted by molar-refractivity contribution is 6.02. The first-order valence-electron chi connectivity index (χ1n) is 7.21. The number of nitrogens with one attached hydrogen (secondary N) is 1. The number of benzene rings is 1. The van der Waals surface area contributed by atoms with Crippen molar-refractivity contribution in [3.05, 3.63) is 59.9 Å². The molecule has 0 radical (unpaired) electrons. The van der Waals surface area contributed by atoms with E-state index in [1.807, 2.05) is 42.5 Å². The Labute approximate surface area is 128 Å². The molecule has 1 aromatic carbocycles. The predicted octanol–water partition coefficient (Wildman–Crippen LogP) is 2.24. The van der Waals surface area contributed by atoms with Gasteiger partial charge in [-0.1, -0.05) is 12.1 Å². The van der Waals surface area contributed by atoms with Gasteiger partial charge >= 0.3 is 0 Å². The van der Waals surface area contributed by atoms with Crippen LogP contribution in [0.4, 0.5) is 0 Å². The lowest BCUT2D eigenvalue weighted by Crippen LogP contribution is -2.16. The molecule has 2 aliphatic heterocycles. The smallest absolute Gasteiger partial charge is 0.231 e. The number of hydrogen-bond donors (Lipinski definition) is 1. The average molecular weight is 293 g/mol. The van der Waals surface area contributed by atoms with Crippen molar-refractivity contribution in [1.29, 1.82) is 0 Å². The number of hydrogen-bond acceptors (Lipinski definition) is 5. The molecule has 2 aliphatic rings. The van der Waals surface area contributed by atoms with Crippen LogP contribution in [0.5, 0.6) is 11.5 Å². The summed E-state index contributed by atoms with van der Waals surface area (Å²) in [7, 11) is 0. The lowest BCUT2D eigenvalue weighted by atomic mass is 10.0. The number of rotatable bonds is 3. The Morgan fingerprint density at radius 1 is 1.14 bits per heavy atom. The van der Waals surface area contributed by atoms with Crippen molar-refractivity contribution in [2.24, 2.45) is 4.99 Å². The zero-order chi connectivity index (χ0) is 14.8. The molecular weight excluding hydrogens is 278 g/mol. The topological polar surface area (TPSA) is 55.7 Å². The van der Waals surface area contributed by atoms with E-state index in [0.717, 1.165) is 47.3 Å². The van der Waals surface area contributed by atoms with Gasteiger partial charge in [0.15, 0.2) is 11.5 Å². The molecule has 0 saturated carbocycles. The third-order valence-corrected chi connectivity index (χ3v) is 3.61. The third-order valence-electron chi connectivity index (χ3n) is 3.61. The van der Waals surface area contributed by atoms with Gasteiger partial charge < -0.3 is 14.8 Å². The van der Waals surface area contributed by atoms with Gasteiger partial charge in [-0.3, -0.25) is 9.98 Å². The summed E-state index contributed by atoms with van der Waals surface area (Å²) >= 11 is 0. The molecule has 4 rings (SSSR count). The van der Waals surface area contributed by atoms with Crippen LogP contribution >= 0.6 is 0 Å². The van der Waals surface area contributed by atoms with Crippen molar-refractivity contribution in [1.82, 2.24) is 10.3 Å². The molecule has 0 bridgehead atoms. The van der Waals surface area contributed by atoms with E-state index in [1.54, 1.807) is 6.20 Å². The highest BCUT2D eigenvalue weighted by atomic mass is 16.7. The summed E-state index contributed by atoms with van der Waals surface area (Å²) in [5.74, 6) is 2.43. The molecule has 5 heteroatoms. The second kappa shape index (κ2) is 5.52. The fourth-order valence-corrected chi connectivity index (χ4v) is 2.54. The molecule has 1 N–H and O–H groups in total. The van der Waals surface area contributed by atoms with Crippen molar-refractivity contribution < 1.29 is 9.47 Å². The number of aromatic nitrogens is 1.